The average Bonchev–Trinajstić information content (AvgIpc) is 3.23. The fourth-order valence-corrected chi connectivity index (χ4v) is 2.40. The molecular weight excluding hydrogens is 404 g/mol. The van der Waals surface area contributed by atoms with Crippen molar-refractivity contribution in [2.24, 2.45) is 0 Å². The molecule has 1 aliphatic rings. The second kappa shape index (κ2) is 12.3. The molecule has 0 unspecified atom stereocenters. The lowest BCUT2D eigenvalue weighted by Gasteiger charge is -2.27. The summed E-state index contributed by atoms with van der Waals surface area (Å²) in [6.07, 6.45) is -0.291. The molecule has 12 heteroatoms. The van der Waals surface area contributed by atoms with E-state index in [-0.39, 0.29) is 12.5 Å². The summed E-state index contributed by atoms with van der Waals surface area (Å²) in [6, 6.07) is 0. The van der Waals surface area contributed by atoms with Crippen molar-refractivity contribution in [2.45, 2.75) is 32.2 Å². The molecule has 2 rings (SSSR count). The summed E-state index contributed by atoms with van der Waals surface area (Å²) >= 11 is 0.911. The zero-order valence-corrected chi connectivity index (χ0v) is 16.0. The number of carboxylic acids is 2. The van der Waals surface area contributed by atoms with Gasteiger partial charge in [-0.15, -0.1) is 4.37 Å². The molecule has 0 bridgehead atoms. The highest BCUT2D eigenvalue weighted by atomic mass is 32.1. The molecule has 0 amide bonds. The number of ether oxygens (including phenoxy) is 2. The van der Waals surface area contributed by atoms with Gasteiger partial charge in [0.1, 0.15) is 12.7 Å². The van der Waals surface area contributed by atoms with Gasteiger partial charge in [0.05, 0.1) is 24.9 Å². The van der Waals surface area contributed by atoms with Crippen LogP contribution in [0, 0.1) is 0 Å². The monoisotopic (exact) mass is 441 g/mol. The molecule has 0 radical (unpaired) electrons. The summed E-state index contributed by atoms with van der Waals surface area (Å²) in [5.74, 6) is -1.88. The van der Waals surface area contributed by atoms with Crippen LogP contribution in [0.15, 0.2) is 12.2 Å². The number of aliphatic hydroxyl groups is 1. The Morgan fingerprint density at radius 2 is 1.93 bits per heavy atom. The predicted molar refractivity (Wildman–Crippen MR) is 107 cm³/mol. The van der Waals surface area contributed by atoms with E-state index in [2.05, 4.69) is 14.1 Å². The maximum atomic E-state index is 10.2. The molecule has 164 valence electrons. The number of nitrogens with one attached hydrogen (secondary N) is 1. The molecule has 29 heavy (non-hydrogen) atoms. The van der Waals surface area contributed by atoms with Gasteiger partial charge in [-0.3, -0.25) is 0 Å². The maximum Gasteiger partial charge on any atom is 0.328 e. The number of aliphatic carboxylic acids is 2. The van der Waals surface area contributed by atoms with Crippen LogP contribution in [0.4, 0.5) is 5.82 Å². The van der Waals surface area contributed by atoms with Crippen LogP contribution >= 0.6 is 11.7 Å². The van der Waals surface area contributed by atoms with Gasteiger partial charge < -0.3 is 35.0 Å². The van der Waals surface area contributed by atoms with Crippen molar-refractivity contribution in [3.63, 3.8) is 0 Å². The Hall–Kier alpha value is -2.28. The van der Waals surface area contributed by atoms with Crippen molar-refractivity contribution < 1.29 is 46.7 Å². The average molecular weight is 442 g/mol. The lowest BCUT2D eigenvalue weighted by Crippen LogP contribution is -2.42. The summed E-state index contributed by atoms with van der Waals surface area (Å²) < 4.78 is 86.9. The van der Waals surface area contributed by atoms with E-state index in [0.29, 0.717) is 44.3 Å². The highest BCUT2D eigenvalue weighted by Crippen LogP contribution is 2.26. The normalized spacial score (nSPS) is 21.4. The molecule has 11 nitrogen and oxygen atoms in total. The van der Waals surface area contributed by atoms with E-state index in [4.69, 9.17) is 32.0 Å². The Balaban J connectivity index is 0.000000781. The van der Waals surface area contributed by atoms with Gasteiger partial charge in [0.2, 0.25) is 5.82 Å². The summed E-state index contributed by atoms with van der Waals surface area (Å²) in [5.41, 5.74) is -3.21. The number of anilines is 1. The van der Waals surface area contributed by atoms with Crippen LogP contribution in [0.1, 0.15) is 32.9 Å². The van der Waals surface area contributed by atoms with Crippen LogP contribution in [0.5, 0.6) is 5.88 Å². The Labute approximate surface area is 185 Å². The van der Waals surface area contributed by atoms with Gasteiger partial charge in [0.15, 0.2) is 0 Å². The molecular formula is C17H28N4O7S. The van der Waals surface area contributed by atoms with Crippen molar-refractivity contribution in [2.75, 3.05) is 44.4 Å². The Bertz CT molecular complexity index is 895. The van der Waals surface area contributed by atoms with Gasteiger partial charge in [0, 0.05) is 49.7 Å². The Kier molecular flexibility index (Phi) is 5.88. The number of nitrogens with zero attached hydrogens (tertiary/aromatic N) is 3. The van der Waals surface area contributed by atoms with Crippen molar-refractivity contribution in [3.05, 3.63) is 12.2 Å². The van der Waals surface area contributed by atoms with Crippen LogP contribution in [-0.4, -0.2) is 87.1 Å². The van der Waals surface area contributed by atoms with Gasteiger partial charge in [-0.25, -0.2) is 9.59 Å². The second-order valence-corrected chi connectivity index (χ2v) is 6.13. The second-order valence-electron chi connectivity index (χ2n) is 5.60. The minimum Gasteiger partial charge on any atom is -0.478 e. The highest BCUT2D eigenvalue weighted by molar-refractivity contribution is 6.99. The number of hydrogen-bond donors (Lipinski definition) is 4. The number of rotatable bonds is 8. The lowest BCUT2D eigenvalue weighted by molar-refractivity contribution is -0.134. The van der Waals surface area contributed by atoms with E-state index >= 15 is 0 Å². The predicted octanol–water partition coefficient (Wildman–Crippen LogP) is 0.214. The van der Waals surface area contributed by atoms with Gasteiger partial charge in [-0.1, -0.05) is 0 Å². The molecule has 0 spiro atoms. The van der Waals surface area contributed by atoms with Gasteiger partial charge in [0.25, 0.3) is 5.88 Å². The summed E-state index contributed by atoms with van der Waals surface area (Å²) in [5, 5.41) is 27.9. The first-order valence-corrected chi connectivity index (χ1v) is 8.91. The molecule has 1 aliphatic heterocycles. The number of aliphatic hydroxyl groups excluding tert-OH is 1. The minimum atomic E-state index is -3.40. The van der Waals surface area contributed by atoms with E-state index in [1.165, 1.54) is 0 Å². The topological polar surface area (TPSA) is 154 Å². The molecule has 0 aliphatic carbocycles. The molecule has 1 fully saturated rings. The van der Waals surface area contributed by atoms with Crippen molar-refractivity contribution in [1.82, 2.24) is 14.1 Å². The zero-order chi connectivity index (χ0) is 29.4. The third kappa shape index (κ3) is 11.3. The Morgan fingerprint density at radius 1 is 1.31 bits per heavy atom. The van der Waals surface area contributed by atoms with Crippen LogP contribution in [0.2, 0.25) is 0 Å². The molecule has 0 saturated carbocycles. The number of carboxylic acid groups (broad SMARTS) is 2. The quantitative estimate of drug-likeness (QED) is 0.409. The van der Waals surface area contributed by atoms with Crippen molar-refractivity contribution in [3.8, 4) is 5.88 Å². The third-order valence-electron chi connectivity index (χ3n) is 3.14. The fraction of sp³-hybridized carbons (Fsp3) is 0.647. The summed E-state index contributed by atoms with van der Waals surface area (Å²) in [7, 11) is 0. The molecule has 2 heterocycles. The zero-order valence-electron chi connectivity index (χ0n) is 24.2. The SMILES string of the molecule is O=C(O)/C=C\C(=O)O.[2H]C([2H])([2H])C(NC[C@H](O)COc1nsnc1N1CCOCC1)(C([2H])([2H])[2H])C([2H])([2H])[2H]. The molecule has 4 N–H and O–H groups in total. The minimum absolute atomic E-state index is 0.162. The first kappa shape index (κ1) is 13.9. The Morgan fingerprint density at radius 3 is 2.48 bits per heavy atom. The van der Waals surface area contributed by atoms with Gasteiger partial charge >= 0.3 is 11.9 Å². The standard InChI is InChI=1S/C13H24N4O3S.C4H4O4/c1-13(2,3)14-8-10(18)9-20-12-11(15-21-16-12)17-4-6-19-7-5-17;5-3(6)1-2-4(7)8/h10,14,18H,4-9H2,1-3H3;1-2H,(H,5,6)(H,7,8)/b;2-1-/t10-;/m0./s1/i1D3,2D3,3D3;. The number of morpholine rings is 1. The largest absolute Gasteiger partial charge is 0.478 e. The van der Waals surface area contributed by atoms with E-state index in [0.717, 1.165) is 11.7 Å². The lowest BCUT2D eigenvalue weighted by atomic mass is 10.1. The number of hydrogen-bond acceptors (Lipinski definition) is 10. The number of β-amino-alcohol motifs (C(OH)–C–C–N with tert-alkyl or cyclic N) is 1. The molecule has 1 aromatic rings. The number of carbonyl (C=O) groups is 2. The van der Waals surface area contributed by atoms with Crippen LogP contribution < -0.4 is 15.0 Å². The molecule has 1 aromatic heterocycles. The summed E-state index contributed by atoms with van der Waals surface area (Å²) in [4.78, 5) is 21.0. The van der Waals surface area contributed by atoms with Crippen LogP contribution in [0.25, 0.3) is 0 Å². The van der Waals surface area contributed by atoms with E-state index in [9.17, 15) is 14.7 Å². The highest BCUT2D eigenvalue weighted by Gasteiger charge is 2.21. The smallest absolute Gasteiger partial charge is 0.328 e. The van der Waals surface area contributed by atoms with Gasteiger partial charge in [-0.05, 0) is 20.6 Å². The van der Waals surface area contributed by atoms with E-state index < -0.39 is 50.7 Å². The first-order chi connectivity index (χ1) is 17.3. The maximum absolute atomic E-state index is 10.2. The van der Waals surface area contributed by atoms with Crippen LogP contribution in [0.3, 0.4) is 0 Å². The van der Waals surface area contributed by atoms with Crippen molar-refractivity contribution in [1.29, 1.82) is 0 Å². The van der Waals surface area contributed by atoms with Crippen LogP contribution in [-0.2, 0) is 14.3 Å². The van der Waals surface area contributed by atoms with E-state index in [1.807, 2.05) is 4.90 Å². The molecule has 1 saturated heterocycles. The van der Waals surface area contributed by atoms with Gasteiger partial charge in [-0.2, -0.15) is 4.37 Å². The van der Waals surface area contributed by atoms with E-state index in [1.54, 1.807) is 0 Å². The first-order valence-electron chi connectivity index (χ1n) is 12.7. The van der Waals surface area contributed by atoms with Crippen molar-refractivity contribution >= 4 is 29.5 Å². The molecule has 0 aromatic carbocycles. The fourth-order valence-electron chi connectivity index (χ4n) is 1.88. The number of aromatic nitrogens is 2. The summed E-state index contributed by atoms with van der Waals surface area (Å²) in [6.45, 7) is -9.00. The molecule has 1 atom stereocenters. The third-order valence-corrected chi connectivity index (χ3v) is 3.64.